The molecule has 1 aliphatic carbocycles. The first-order valence-electron chi connectivity index (χ1n) is 11.3. The van der Waals surface area contributed by atoms with Gasteiger partial charge in [0.2, 0.25) is 5.91 Å². The smallest absolute Gasteiger partial charge is 0.232 e. The standard InChI is InChI=1S/C27H31NO6/c1-27(2)14-21-26(22(29)15-27)20(16-7-8-23(33-5)24(9-16)34-6)13-25(30)28(21)17-10-18(31-3)12-19(11-17)32-4/h7-12,20H,13-15H2,1-6H3. The van der Waals surface area contributed by atoms with Gasteiger partial charge in [0.15, 0.2) is 17.3 Å². The Balaban J connectivity index is 1.90. The van der Waals surface area contributed by atoms with E-state index in [-0.39, 0.29) is 29.4 Å². The van der Waals surface area contributed by atoms with Crippen molar-refractivity contribution in [3.63, 3.8) is 0 Å². The van der Waals surface area contributed by atoms with E-state index in [1.54, 1.807) is 51.5 Å². The third-order valence-corrected chi connectivity index (χ3v) is 6.55. The minimum Gasteiger partial charge on any atom is -0.497 e. The number of rotatable bonds is 6. The van der Waals surface area contributed by atoms with E-state index in [1.807, 2.05) is 18.2 Å². The second kappa shape index (κ2) is 9.05. The maximum atomic E-state index is 13.7. The van der Waals surface area contributed by atoms with E-state index in [0.717, 1.165) is 11.3 Å². The Morgan fingerprint density at radius 2 is 1.47 bits per heavy atom. The molecule has 0 radical (unpaired) electrons. The van der Waals surface area contributed by atoms with Crippen molar-refractivity contribution in [2.45, 2.75) is 39.0 Å². The zero-order valence-corrected chi connectivity index (χ0v) is 20.6. The fraction of sp³-hybridized carbons (Fsp3) is 0.407. The lowest BCUT2D eigenvalue weighted by atomic mass is 9.69. The average Bonchev–Trinajstić information content (AvgIpc) is 2.81. The molecular formula is C27H31NO6. The van der Waals surface area contributed by atoms with Gasteiger partial charge >= 0.3 is 0 Å². The van der Waals surface area contributed by atoms with Crippen molar-refractivity contribution in [1.29, 1.82) is 0 Å². The number of allylic oxidation sites excluding steroid dienone is 2. The van der Waals surface area contributed by atoms with Gasteiger partial charge in [-0.25, -0.2) is 0 Å². The van der Waals surface area contributed by atoms with E-state index in [2.05, 4.69) is 13.8 Å². The van der Waals surface area contributed by atoms with Gasteiger partial charge in [-0.1, -0.05) is 19.9 Å². The van der Waals surface area contributed by atoms with Crippen LogP contribution in [0.15, 0.2) is 47.7 Å². The number of hydrogen-bond donors (Lipinski definition) is 0. The lowest BCUT2D eigenvalue weighted by Gasteiger charge is -2.43. The Kier molecular flexibility index (Phi) is 6.30. The van der Waals surface area contributed by atoms with Crippen LogP contribution in [0, 0.1) is 5.41 Å². The minimum atomic E-state index is -0.352. The average molecular weight is 466 g/mol. The zero-order valence-electron chi connectivity index (χ0n) is 20.6. The number of carbonyl (C=O) groups excluding carboxylic acids is 2. The molecule has 0 fully saturated rings. The number of amides is 1. The minimum absolute atomic E-state index is 0.0680. The summed E-state index contributed by atoms with van der Waals surface area (Å²) in [4.78, 5) is 28.9. The van der Waals surface area contributed by atoms with Crippen LogP contribution in [-0.4, -0.2) is 40.1 Å². The van der Waals surface area contributed by atoms with Crippen molar-refractivity contribution in [2.75, 3.05) is 33.3 Å². The molecular weight excluding hydrogens is 434 g/mol. The van der Waals surface area contributed by atoms with Crippen molar-refractivity contribution in [3.05, 3.63) is 53.2 Å². The fourth-order valence-electron chi connectivity index (χ4n) is 4.99. The molecule has 34 heavy (non-hydrogen) atoms. The summed E-state index contributed by atoms with van der Waals surface area (Å²) in [6.45, 7) is 4.12. The lowest BCUT2D eigenvalue weighted by molar-refractivity contribution is -0.121. The Labute approximate surface area is 200 Å². The van der Waals surface area contributed by atoms with Crippen LogP contribution in [0.25, 0.3) is 0 Å². The van der Waals surface area contributed by atoms with Gasteiger partial charge in [0.05, 0.1) is 34.1 Å². The molecule has 7 heteroatoms. The monoisotopic (exact) mass is 465 g/mol. The second-order valence-corrected chi connectivity index (χ2v) is 9.47. The number of carbonyl (C=O) groups is 2. The highest BCUT2D eigenvalue weighted by atomic mass is 16.5. The van der Waals surface area contributed by atoms with Gasteiger partial charge in [-0.3, -0.25) is 14.5 Å². The first-order chi connectivity index (χ1) is 16.2. The highest BCUT2D eigenvalue weighted by Crippen LogP contribution is 2.49. The summed E-state index contributed by atoms with van der Waals surface area (Å²) in [5, 5.41) is 0. The molecule has 1 aliphatic heterocycles. The number of ether oxygens (including phenoxy) is 4. The molecule has 1 unspecified atom stereocenters. The SMILES string of the molecule is COc1cc(OC)cc(N2C(=O)CC(c3ccc(OC)c(OC)c3)C3=C2CC(C)(C)CC3=O)c1. The molecule has 2 aromatic carbocycles. The van der Waals surface area contributed by atoms with Gasteiger partial charge in [-0.15, -0.1) is 0 Å². The molecule has 180 valence electrons. The highest BCUT2D eigenvalue weighted by molar-refractivity contribution is 6.08. The third kappa shape index (κ3) is 4.22. The molecule has 0 spiro atoms. The third-order valence-electron chi connectivity index (χ3n) is 6.55. The topological polar surface area (TPSA) is 74.3 Å². The molecule has 1 atom stereocenters. The Hall–Kier alpha value is -3.48. The summed E-state index contributed by atoms with van der Waals surface area (Å²) in [7, 11) is 6.29. The van der Waals surface area contributed by atoms with E-state index < -0.39 is 0 Å². The largest absolute Gasteiger partial charge is 0.497 e. The molecule has 2 aliphatic rings. The van der Waals surface area contributed by atoms with Crippen LogP contribution in [0.5, 0.6) is 23.0 Å². The predicted molar refractivity (Wildman–Crippen MR) is 129 cm³/mol. The molecule has 1 amide bonds. The Morgan fingerprint density at radius 3 is 2.06 bits per heavy atom. The summed E-state index contributed by atoms with van der Waals surface area (Å²) < 4.78 is 21.7. The van der Waals surface area contributed by atoms with Crippen molar-refractivity contribution >= 4 is 17.4 Å². The second-order valence-electron chi connectivity index (χ2n) is 9.47. The number of Topliss-reactive ketones (excluding diaryl/α,β-unsaturated/α-hetero) is 1. The highest BCUT2D eigenvalue weighted by Gasteiger charge is 2.44. The zero-order chi connectivity index (χ0) is 24.6. The first kappa shape index (κ1) is 23.7. The van der Waals surface area contributed by atoms with Crippen molar-refractivity contribution in [3.8, 4) is 23.0 Å². The summed E-state index contributed by atoms with van der Waals surface area (Å²) in [5.74, 6) is 1.95. The maximum absolute atomic E-state index is 13.7. The van der Waals surface area contributed by atoms with E-state index >= 15 is 0 Å². The van der Waals surface area contributed by atoms with Gasteiger partial charge in [-0.05, 0) is 29.5 Å². The number of methoxy groups -OCH3 is 4. The van der Waals surface area contributed by atoms with E-state index in [0.29, 0.717) is 47.1 Å². The number of anilines is 1. The lowest BCUT2D eigenvalue weighted by Crippen LogP contribution is -2.43. The molecule has 1 heterocycles. The quantitative estimate of drug-likeness (QED) is 0.605. The van der Waals surface area contributed by atoms with Gasteiger partial charge in [-0.2, -0.15) is 0 Å². The van der Waals surface area contributed by atoms with Crippen LogP contribution in [0.4, 0.5) is 5.69 Å². The summed E-state index contributed by atoms with van der Waals surface area (Å²) in [6, 6.07) is 10.9. The van der Waals surface area contributed by atoms with E-state index in [9.17, 15) is 9.59 Å². The van der Waals surface area contributed by atoms with Crippen molar-refractivity contribution in [1.82, 2.24) is 0 Å². The normalized spacial score (nSPS) is 19.6. The van der Waals surface area contributed by atoms with Gasteiger partial charge in [0, 0.05) is 48.2 Å². The maximum Gasteiger partial charge on any atom is 0.232 e. The molecule has 0 N–H and O–H groups in total. The molecule has 2 aromatic rings. The molecule has 0 aromatic heterocycles. The van der Waals surface area contributed by atoms with Crippen molar-refractivity contribution in [2.24, 2.45) is 5.41 Å². The summed E-state index contributed by atoms with van der Waals surface area (Å²) in [5.41, 5.74) is 2.65. The first-order valence-corrected chi connectivity index (χ1v) is 11.3. The molecule has 7 nitrogen and oxygen atoms in total. The van der Waals surface area contributed by atoms with Crippen LogP contribution < -0.4 is 23.8 Å². The fourth-order valence-corrected chi connectivity index (χ4v) is 4.99. The summed E-state index contributed by atoms with van der Waals surface area (Å²) in [6.07, 6.45) is 1.20. The molecule has 0 saturated carbocycles. The van der Waals surface area contributed by atoms with Crippen LogP contribution in [-0.2, 0) is 9.59 Å². The Morgan fingerprint density at radius 1 is 0.824 bits per heavy atom. The van der Waals surface area contributed by atoms with Crippen LogP contribution in [0.2, 0.25) is 0 Å². The van der Waals surface area contributed by atoms with Gasteiger partial charge in [0.25, 0.3) is 0 Å². The van der Waals surface area contributed by atoms with Crippen LogP contribution in [0.3, 0.4) is 0 Å². The van der Waals surface area contributed by atoms with Crippen LogP contribution >= 0.6 is 0 Å². The van der Waals surface area contributed by atoms with E-state index in [1.165, 1.54) is 0 Å². The number of nitrogens with zero attached hydrogens (tertiary/aromatic N) is 1. The van der Waals surface area contributed by atoms with Gasteiger partial charge in [0.1, 0.15) is 11.5 Å². The Bertz CT molecular complexity index is 1140. The number of ketones is 1. The predicted octanol–water partition coefficient (Wildman–Crippen LogP) is 4.88. The molecule has 4 rings (SSSR count). The van der Waals surface area contributed by atoms with Crippen LogP contribution in [0.1, 0.15) is 44.6 Å². The summed E-state index contributed by atoms with van der Waals surface area (Å²) >= 11 is 0. The molecule has 0 bridgehead atoms. The van der Waals surface area contributed by atoms with E-state index in [4.69, 9.17) is 18.9 Å². The van der Waals surface area contributed by atoms with Gasteiger partial charge < -0.3 is 18.9 Å². The molecule has 0 saturated heterocycles. The van der Waals surface area contributed by atoms with Crippen molar-refractivity contribution < 1.29 is 28.5 Å². The number of hydrogen-bond acceptors (Lipinski definition) is 6. The number of benzene rings is 2.